The van der Waals surface area contributed by atoms with Crippen molar-refractivity contribution in [2.45, 2.75) is 143 Å². The molecule has 0 heterocycles. The predicted molar refractivity (Wildman–Crippen MR) is 194 cm³/mol. The van der Waals surface area contributed by atoms with Gasteiger partial charge in [0.15, 0.2) is 16.6 Å². The molecule has 0 amide bonds. The molecule has 4 unspecified atom stereocenters. The number of hydrogen-bond acceptors (Lipinski definition) is 8. The number of nitrogens with zero attached hydrogens (tertiary/aromatic N) is 4. The molecule has 0 aromatic carbocycles. The maximum absolute atomic E-state index is 11.6. The van der Waals surface area contributed by atoms with Gasteiger partial charge in [0.1, 0.15) is 0 Å². The van der Waals surface area contributed by atoms with Crippen molar-refractivity contribution in [2.75, 3.05) is 13.2 Å². The zero-order chi connectivity index (χ0) is 34.5. The fourth-order valence-corrected chi connectivity index (χ4v) is 8.12. The first-order valence-electron chi connectivity index (χ1n) is 16.3. The average Bonchev–Trinajstić information content (AvgIpc) is 2.89. The summed E-state index contributed by atoms with van der Waals surface area (Å²) in [6.45, 7) is 22.8. The van der Waals surface area contributed by atoms with Crippen molar-refractivity contribution < 1.29 is 29.6 Å². The van der Waals surface area contributed by atoms with Crippen LogP contribution in [0.2, 0.25) is 39.3 Å². The second-order valence-electron chi connectivity index (χ2n) is 15.0. The van der Waals surface area contributed by atoms with Crippen LogP contribution in [0.3, 0.4) is 0 Å². The number of halogens is 2. The van der Waals surface area contributed by atoms with E-state index < -0.39 is 28.7 Å². The summed E-state index contributed by atoms with van der Waals surface area (Å²) in [5, 5.41) is 23.2. The van der Waals surface area contributed by atoms with Crippen LogP contribution in [0, 0.1) is 43.9 Å². The summed E-state index contributed by atoms with van der Waals surface area (Å²) >= 11 is 6.00. The molecule has 0 N–H and O–H groups in total. The van der Waals surface area contributed by atoms with Gasteiger partial charge in [-0.3, -0.25) is 30.2 Å². The molecule has 2 rings (SSSR count). The fraction of sp³-hybridized carbons (Fsp3) is 0.933. The molecule has 0 radical (unpaired) electrons. The van der Waals surface area contributed by atoms with E-state index in [2.05, 4.69) is 95.4 Å². The molecule has 0 bridgehead atoms. The first-order valence-corrected chi connectivity index (χ1v) is 28.0. The van der Waals surface area contributed by atoms with Crippen molar-refractivity contribution in [1.82, 2.24) is 0 Å². The Morgan fingerprint density at radius 2 is 0.956 bits per heavy atom. The second kappa shape index (κ2) is 20.5. The summed E-state index contributed by atoms with van der Waals surface area (Å²) in [6.07, 6.45) is 5.28. The third-order valence-electron chi connectivity index (χ3n) is 8.63. The maximum atomic E-state index is 11.6. The molecule has 45 heavy (non-hydrogen) atoms. The average molecular weight is 845 g/mol. The van der Waals surface area contributed by atoms with E-state index >= 15 is 0 Å². The van der Waals surface area contributed by atoms with Crippen LogP contribution in [0.1, 0.15) is 79.1 Å². The van der Waals surface area contributed by atoms with Gasteiger partial charge < -0.3 is 8.85 Å². The molecule has 0 saturated heterocycles. The zero-order valence-corrected chi connectivity index (χ0v) is 35.2. The number of hydrogen-bond donors (Lipinski definition) is 0. The van der Waals surface area contributed by atoms with Gasteiger partial charge in [-0.25, -0.2) is 0 Å². The Morgan fingerprint density at radius 3 is 1.18 bits per heavy atom. The summed E-state index contributed by atoms with van der Waals surface area (Å²) in [5.41, 5.74) is 1.97. The van der Waals surface area contributed by atoms with Crippen LogP contribution < -0.4 is 0 Å². The van der Waals surface area contributed by atoms with Crippen LogP contribution >= 0.6 is 28.5 Å². The molecule has 2 fully saturated rings. The van der Waals surface area contributed by atoms with Gasteiger partial charge in [-0.15, -0.1) is 0 Å². The zero-order valence-electron chi connectivity index (χ0n) is 29.0. The summed E-state index contributed by atoms with van der Waals surface area (Å²) in [4.78, 5) is 33.7. The predicted octanol–water partition coefficient (Wildman–Crippen LogP) is 8.98. The molecule has 10 nitrogen and oxygen atoms in total. The second-order valence-corrected chi connectivity index (χ2v) is 29.0. The van der Waals surface area contributed by atoms with Crippen LogP contribution in [-0.4, -0.2) is 75.3 Å². The van der Waals surface area contributed by atoms with Crippen molar-refractivity contribution >= 4 is 56.5 Å². The molecule has 266 valence electrons. The van der Waals surface area contributed by atoms with E-state index in [0.29, 0.717) is 38.9 Å². The van der Waals surface area contributed by atoms with E-state index in [-0.39, 0.29) is 45.6 Å². The molecule has 15 heteroatoms. The Bertz CT molecular complexity index is 898. The molecule has 0 aromatic heterocycles. The minimum absolute atomic E-state index is 0.00221. The van der Waals surface area contributed by atoms with Crippen LogP contribution in [0.15, 0.2) is 9.98 Å². The Balaban J connectivity index is 0.00000324. The molecule has 2 aliphatic carbocycles. The fourth-order valence-electron chi connectivity index (χ4n) is 6.60. The Labute approximate surface area is 294 Å². The quantitative estimate of drug-likeness (QED) is 0.0532. The third kappa shape index (κ3) is 16.7. The van der Waals surface area contributed by atoms with Crippen molar-refractivity contribution in [3.63, 3.8) is 0 Å². The van der Waals surface area contributed by atoms with Crippen LogP contribution in [0.4, 0.5) is 0 Å². The van der Waals surface area contributed by atoms with Crippen molar-refractivity contribution in [3.05, 3.63) is 20.2 Å². The van der Waals surface area contributed by atoms with E-state index in [4.69, 9.17) is 18.8 Å². The minimum atomic E-state index is -1.65. The molecule has 0 aromatic rings. The molecular weight excluding hydrogens is 787 g/mol. The van der Waals surface area contributed by atoms with Gasteiger partial charge in [-0.2, -0.15) is 0 Å². The van der Waals surface area contributed by atoms with Crippen LogP contribution in [-0.2, 0) is 19.7 Å². The Hall–Kier alpha value is -0.0527. The van der Waals surface area contributed by atoms with Crippen molar-refractivity contribution in [2.24, 2.45) is 33.7 Å². The number of aliphatic imine (C=N–C) groups is 2. The van der Waals surface area contributed by atoms with Gasteiger partial charge in [0.05, 0.1) is 23.5 Å². The monoisotopic (exact) mass is 842 g/mol. The Kier molecular flexibility index (Phi) is 19.5. The van der Waals surface area contributed by atoms with E-state index in [1.165, 1.54) is 10.9 Å². The van der Waals surface area contributed by atoms with Crippen molar-refractivity contribution in [3.8, 4) is 0 Å². The van der Waals surface area contributed by atoms with E-state index in [1.807, 2.05) is 0 Å². The number of rotatable bonds is 15. The van der Waals surface area contributed by atoms with E-state index in [0.717, 1.165) is 37.1 Å². The third-order valence-corrected chi connectivity index (χ3v) is 10.8. The Morgan fingerprint density at radius 1 is 0.689 bits per heavy atom. The van der Waals surface area contributed by atoms with Crippen LogP contribution in [0.5, 0.6) is 0 Å². The first kappa shape index (κ1) is 43.0. The number of nitro groups is 2. The van der Waals surface area contributed by atoms with Crippen LogP contribution in [0.25, 0.3) is 0 Å². The first-order chi connectivity index (χ1) is 20.8. The molecular formula is C30H58Br2N4NiO6Si2. The molecule has 0 aliphatic heterocycles. The molecule has 2 saturated carbocycles. The standard InChI is InChI=1S/C30H58N4O6Si2.2BrH.Ni/c1-21-17-25(33(35)36)18-22(2)29(21)31-27(13-11-15-39-41(5,6)7)28(14-12-16-40-42(8,9)10)32-30-23(3)19-26(34(37)38)20-24(30)4;;;/h21-26,29-30H,11-20H2,1-10H3;2*1H;/q;;;+2/p-2. The van der Waals surface area contributed by atoms with Gasteiger partial charge in [0.2, 0.25) is 12.1 Å². The van der Waals surface area contributed by atoms with Gasteiger partial charge in [-0.1, -0.05) is 27.7 Å². The summed E-state index contributed by atoms with van der Waals surface area (Å²) in [5.74, 6) is 0.397. The van der Waals surface area contributed by atoms with Gasteiger partial charge >= 0.3 is 39.3 Å². The SMILES string of the molecule is CC1CC([N+](=O)[O-])CC(C)C1N=C(CCCO[Si](C)(C)C)C(CCCO[Si](C)(C)C)=NC1C(C)CC([N+](=O)[O-])CC1C.[Br][Ni][Br]. The summed E-state index contributed by atoms with van der Waals surface area (Å²) in [7, 11) is -2.06. The topological polar surface area (TPSA) is 129 Å². The van der Waals surface area contributed by atoms with Crippen molar-refractivity contribution in [1.29, 1.82) is 0 Å². The van der Waals surface area contributed by atoms with Gasteiger partial charge in [0.25, 0.3) is 0 Å². The molecule has 2 aliphatic rings. The molecule has 0 spiro atoms. The normalized spacial score (nSPS) is 30.0. The summed E-state index contributed by atoms with van der Waals surface area (Å²) in [6, 6.07) is -1.03. The van der Waals surface area contributed by atoms with E-state index in [9.17, 15) is 20.2 Å². The van der Waals surface area contributed by atoms with E-state index in [1.54, 1.807) is 0 Å². The van der Waals surface area contributed by atoms with Gasteiger partial charge in [-0.05, 0) is 88.6 Å². The van der Waals surface area contributed by atoms with Gasteiger partial charge in [0, 0.05) is 48.7 Å². The summed E-state index contributed by atoms with van der Waals surface area (Å²) < 4.78 is 12.4. The molecule has 4 atom stereocenters.